The van der Waals surface area contributed by atoms with Gasteiger partial charge in [0.1, 0.15) is 0 Å². The lowest BCUT2D eigenvalue weighted by Crippen LogP contribution is -2.00. The minimum absolute atomic E-state index is 0.782. The van der Waals surface area contributed by atoms with E-state index in [9.17, 15) is 0 Å². The van der Waals surface area contributed by atoms with Crippen molar-refractivity contribution in [2.24, 2.45) is 5.92 Å². The maximum atomic E-state index is 2.30. The minimum atomic E-state index is 0.782. The molecule has 0 aromatic carbocycles. The lowest BCUT2D eigenvalue weighted by atomic mass is 9.91. The molecule has 1 unspecified atom stereocenters. The second-order valence-electron chi connectivity index (χ2n) is 3.35. The molecule has 0 aromatic rings. The van der Waals surface area contributed by atoms with Gasteiger partial charge in [-0.2, -0.15) is 0 Å². The summed E-state index contributed by atoms with van der Waals surface area (Å²) < 4.78 is 0. The molecule has 0 heterocycles. The second kappa shape index (κ2) is 3.75. The summed E-state index contributed by atoms with van der Waals surface area (Å²) >= 11 is 0. The molecule has 1 rings (SSSR count). The summed E-state index contributed by atoms with van der Waals surface area (Å²) in [5.41, 5.74) is 3.19. The highest BCUT2D eigenvalue weighted by Gasteiger charge is 2.16. The maximum absolute atomic E-state index is 2.30. The third-order valence-electron chi connectivity index (χ3n) is 2.54. The van der Waals surface area contributed by atoms with Crippen molar-refractivity contribution in [2.45, 2.75) is 40.0 Å². The molecule has 0 bridgehead atoms. The third-order valence-corrected chi connectivity index (χ3v) is 2.54. The quantitative estimate of drug-likeness (QED) is 0.575. The molecule has 1 aliphatic rings. The van der Waals surface area contributed by atoms with Crippen LogP contribution < -0.4 is 0 Å². The zero-order valence-corrected chi connectivity index (χ0v) is 7.85. The van der Waals surface area contributed by atoms with Gasteiger partial charge in [0.15, 0.2) is 0 Å². The summed E-state index contributed by atoms with van der Waals surface area (Å²) in [6.45, 7) is 6.76. The molecule has 0 saturated heterocycles. The van der Waals surface area contributed by atoms with Gasteiger partial charge in [-0.05, 0) is 19.8 Å². The van der Waals surface area contributed by atoms with Gasteiger partial charge in [0.2, 0.25) is 0 Å². The Morgan fingerprint density at radius 3 is 2.55 bits per heavy atom. The molecule has 0 N–H and O–H groups in total. The zero-order valence-electron chi connectivity index (χ0n) is 7.85. The Hall–Kier alpha value is -0.520. The fourth-order valence-corrected chi connectivity index (χ4v) is 1.83. The standard InChI is InChI=1S/C11H18/c1-4-6-11-9(3)7-8-10(11)5-2/h7-8,11H,4-6H2,1-3H3. The predicted octanol–water partition coefficient (Wildman–Crippen LogP) is 3.70. The molecular weight excluding hydrogens is 132 g/mol. The van der Waals surface area contributed by atoms with Gasteiger partial charge in [-0.15, -0.1) is 0 Å². The first-order valence-electron chi connectivity index (χ1n) is 4.66. The van der Waals surface area contributed by atoms with Crippen LogP contribution in [-0.4, -0.2) is 0 Å². The fourth-order valence-electron chi connectivity index (χ4n) is 1.83. The van der Waals surface area contributed by atoms with Crippen molar-refractivity contribution in [2.75, 3.05) is 0 Å². The van der Waals surface area contributed by atoms with Gasteiger partial charge in [-0.3, -0.25) is 0 Å². The molecule has 0 saturated carbocycles. The van der Waals surface area contributed by atoms with E-state index in [1.54, 1.807) is 11.1 Å². The monoisotopic (exact) mass is 150 g/mol. The summed E-state index contributed by atoms with van der Waals surface area (Å²) in [4.78, 5) is 0. The normalized spacial score (nSPS) is 23.4. The average molecular weight is 150 g/mol. The van der Waals surface area contributed by atoms with Gasteiger partial charge in [0.05, 0.1) is 0 Å². The van der Waals surface area contributed by atoms with Gasteiger partial charge >= 0.3 is 0 Å². The molecule has 0 heteroatoms. The van der Waals surface area contributed by atoms with E-state index in [1.165, 1.54) is 19.3 Å². The van der Waals surface area contributed by atoms with Crippen molar-refractivity contribution >= 4 is 0 Å². The van der Waals surface area contributed by atoms with Crippen molar-refractivity contribution in [1.29, 1.82) is 0 Å². The van der Waals surface area contributed by atoms with E-state index in [-0.39, 0.29) is 0 Å². The number of hydrogen-bond acceptors (Lipinski definition) is 0. The number of hydrogen-bond donors (Lipinski definition) is 0. The van der Waals surface area contributed by atoms with Gasteiger partial charge in [0, 0.05) is 5.92 Å². The highest BCUT2D eigenvalue weighted by atomic mass is 14.2. The SMILES string of the molecule is CCCC1C(C)=CC=C1CC. The molecule has 0 nitrogen and oxygen atoms in total. The maximum Gasteiger partial charge on any atom is 0.00102 e. The molecule has 1 atom stereocenters. The number of rotatable bonds is 3. The zero-order chi connectivity index (χ0) is 8.27. The first kappa shape index (κ1) is 8.58. The largest absolute Gasteiger partial charge is 0.0662 e. The van der Waals surface area contributed by atoms with Crippen molar-refractivity contribution in [3.63, 3.8) is 0 Å². The van der Waals surface area contributed by atoms with E-state index in [1.807, 2.05) is 0 Å². The van der Waals surface area contributed by atoms with Gasteiger partial charge < -0.3 is 0 Å². The summed E-state index contributed by atoms with van der Waals surface area (Å²) in [5.74, 6) is 0.782. The van der Waals surface area contributed by atoms with Crippen LogP contribution >= 0.6 is 0 Å². The Labute approximate surface area is 70.0 Å². The first-order chi connectivity index (χ1) is 5.29. The molecule has 0 fully saturated rings. The highest BCUT2D eigenvalue weighted by molar-refractivity contribution is 5.33. The Balaban J connectivity index is 2.59. The van der Waals surface area contributed by atoms with Gasteiger partial charge in [-0.25, -0.2) is 0 Å². The lowest BCUT2D eigenvalue weighted by molar-refractivity contribution is 0.620. The molecule has 0 radical (unpaired) electrons. The molecular formula is C11H18. The van der Waals surface area contributed by atoms with Crippen LogP contribution in [0.3, 0.4) is 0 Å². The molecule has 0 aromatic heterocycles. The highest BCUT2D eigenvalue weighted by Crippen LogP contribution is 2.31. The van der Waals surface area contributed by atoms with Crippen LogP contribution in [0.5, 0.6) is 0 Å². The molecule has 0 amide bonds. The van der Waals surface area contributed by atoms with Crippen LogP contribution in [0.25, 0.3) is 0 Å². The van der Waals surface area contributed by atoms with E-state index in [0.717, 1.165) is 5.92 Å². The van der Waals surface area contributed by atoms with Crippen molar-refractivity contribution in [3.05, 3.63) is 23.3 Å². The van der Waals surface area contributed by atoms with Crippen LogP contribution in [0, 0.1) is 5.92 Å². The van der Waals surface area contributed by atoms with Crippen molar-refractivity contribution in [1.82, 2.24) is 0 Å². The average Bonchev–Trinajstić information content (AvgIpc) is 2.34. The summed E-state index contributed by atoms with van der Waals surface area (Å²) in [7, 11) is 0. The summed E-state index contributed by atoms with van der Waals surface area (Å²) in [6.07, 6.45) is 8.43. The molecule has 11 heavy (non-hydrogen) atoms. The fraction of sp³-hybridized carbons (Fsp3) is 0.636. The van der Waals surface area contributed by atoms with Gasteiger partial charge in [-0.1, -0.05) is 43.6 Å². The van der Waals surface area contributed by atoms with Crippen LogP contribution in [0.1, 0.15) is 40.0 Å². The minimum Gasteiger partial charge on any atom is -0.0662 e. The second-order valence-corrected chi connectivity index (χ2v) is 3.35. The Morgan fingerprint density at radius 2 is 2.00 bits per heavy atom. The summed E-state index contributed by atoms with van der Waals surface area (Å²) in [6, 6.07) is 0. The van der Waals surface area contributed by atoms with Crippen molar-refractivity contribution < 1.29 is 0 Å². The van der Waals surface area contributed by atoms with E-state index < -0.39 is 0 Å². The predicted molar refractivity (Wildman–Crippen MR) is 50.5 cm³/mol. The van der Waals surface area contributed by atoms with Crippen LogP contribution in [0.4, 0.5) is 0 Å². The van der Waals surface area contributed by atoms with E-state index in [2.05, 4.69) is 32.9 Å². The number of allylic oxidation sites excluding steroid dienone is 4. The topological polar surface area (TPSA) is 0 Å². The van der Waals surface area contributed by atoms with Crippen LogP contribution in [0.15, 0.2) is 23.3 Å². The smallest absolute Gasteiger partial charge is 0.00102 e. The Kier molecular flexibility index (Phi) is 2.92. The first-order valence-corrected chi connectivity index (χ1v) is 4.66. The van der Waals surface area contributed by atoms with E-state index in [0.29, 0.717) is 0 Å². The molecule has 0 spiro atoms. The summed E-state index contributed by atoms with van der Waals surface area (Å²) in [5, 5.41) is 0. The Bertz CT molecular complexity index is 184. The lowest BCUT2D eigenvalue weighted by Gasteiger charge is -2.14. The van der Waals surface area contributed by atoms with Crippen molar-refractivity contribution in [3.8, 4) is 0 Å². The third kappa shape index (κ3) is 1.74. The van der Waals surface area contributed by atoms with Crippen LogP contribution in [-0.2, 0) is 0 Å². The Morgan fingerprint density at radius 1 is 1.27 bits per heavy atom. The molecule has 62 valence electrons. The molecule has 1 aliphatic carbocycles. The van der Waals surface area contributed by atoms with E-state index >= 15 is 0 Å². The molecule has 0 aliphatic heterocycles. The van der Waals surface area contributed by atoms with Crippen LogP contribution in [0.2, 0.25) is 0 Å². The van der Waals surface area contributed by atoms with E-state index in [4.69, 9.17) is 0 Å². The van der Waals surface area contributed by atoms with Gasteiger partial charge in [0.25, 0.3) is 0 Å².